The predicted molar refractivity (Wildman–Crippen MR) is 66.7 cm³/mol. The van der Waals surface area contributed by atoms with E-state index in [0.29, 0.717) is 32.1 Å². The van der Waals surface area contributed by atoms with Crippen LogP contribution in [0.5, 0.6) is 0 Å². The third-order valence-corrected chi connectivity index (χ3v) is 3.07. The van der Waals surface area contributed by atoms with E-state index in [1.54, 1.807) is 0 Å². The Morgan fingerprint density at radius 3 is 2.65 bits per heavy atom. The molecule has 17 heavy (non-hydrogen) atoms. The van der Waals surface area contributed by atoms with Crippen molar-refractivity contribution in [2.45, 2.75) is 51.6 Å². The summed E-state index contributed by atoms with van der Waals surface area (Å²) in [6.45, 7) is 5.70. The summed E-state index contributed by atoms with van der Waals surface area (Å²) in [5, 5.41) is 12.8. The van der Waals surface area contributed by atoms with Crippen molar-refractivity contribution in [2.24, 2.45) is 5.92 Å². The summed E-state index contributed by atoms with van der Waals surface area (Å²) in [5.74, 6) is 0.464. The van der Waals surface area contributed by atoms with Crippen molar-refractivity contribution in [3.8, 4) is 0 Å². The van der Waals surface area contributed by atoms with E-state index in [4.69, 9.17) is 4.74 Å². The van der Waals surface area contributed by atoms with Crippen molar-refractivity contribution >= 4 is 5.91 Å². The molecule has 1 amide bonds. The van der Waals surface area contributed by atoms with Gasteiger partial charge in [-0.05, 0) is 18.8 Å². The molecule has 0 aromatic carbocycles. The minimum Gasteiger partial charge on any atom is -0.388 e. The minimum absolute atomic E-state index is 0.0333. The molecule has 0 saturated heterocycles. The fourth-order valence-electron chi connectivity index (χ4n) is 2.05. The summed E-state index contributed by atoms with van der Waals surface area (Å²) < 4.78 is 5.34. The third-order valence-electron chi connectivity index (χ3n) is 3.07. The summed E-state index contributed by atoms with van der Waals surface area (Å²) in [5.41, 5.74) is -0.658. The van der Waals surface area contributed by atoms with E-state index in [2.05, 4.69) is 19.2 Å². The molecule has 4 heteroatoms. The number of carbonyl (C=O) groups is 1. The first kappa shape index (κ1) is 14.5. The Morgan fingerprint density at radius 1 is 1.41 bits per heavy atom. The highest BCUT2D eigenvalue weighted by Gasteiger charge is 2.31. The number of hydrogen-bond donors (Lipinski definition) is 2. The van der Waals surface area contributed by atoms with Crippen molar-refractivity contribution in [1.82, 2.24) is 5.32 Å². The van der Waals surface area contributed by atoms with Crippen LogP contribution in [0.4, 0.5) is 0 Å². The van der Waals surface area contributed by atoms with Gasteiger partial charge in [0.15, 0.2) is 0 Å². The molecule has 0 unspecified atom stereocenters. The number of ether oxygens (including phenoxy) is 1. The molecule has 100 valence electrons. The summed E-state index contributed by atoms with van der Waals surface area (Å²) >= 11 is 0. The minimum atomic E-state index is -0.658. The van der Waals surface area contributed by atoms with Gasteiger partial charge in [0, 0.05) is 19.6 Å². The second kappa shape index (κ2) is 6.97. The van der Waals surface area contributed by atoms with Crippen LogP contribution in [0.1, 0.15) is 46.0 Å². The molecule has 0 heterocycles. The average Bonchev–Trinajstić information content (AvgIpc) is 2.69. The summed E-state index contributed by atoms with van der Waals surface area (Å²) in [6, 6.07) is 0. The van der Waals surface area contributed by atoms with E-state index in [0.717, 1.165) is 25.7 Å². The lowest BCUT2D eigenvalue weighted by Gasteiger charge is -2.22. The largest absolute Gasteiger partial charge is 0.388 e. The number of aliphatic hydroxyl groups is 1. The topological polar surface area (TPSA) is 58.6 Å². The van der Waals surface area contributed by atoms with Gasteiger partial charge in [-0.25, -0.2) is 0 Å². The highest BCUT2D eigenvalue weighted by molar-refractivity contribution is 5.76. The van der Waals surface area contributed by atoms with Gasteiger partial charge in [-0.2, -0.15) is 0 Å². The van der Waals surface area contributed by atoms with Gasteiger partial charge in [-0.1, -0.05) is 26.7 Å². The van der Waals surface area contributed by atoms with Gasteiger partial charge in [0.2, 0.25) is 5.91 Å². The van der Waals surface area contributed by atoms with Gasteiger partial charge in [0.25, 0.3) is 0 Å². The van der Waals surface area contributed by atoms with Crippen LogP contribution in [0.2, 0.25) is 0 Å². The fourth-order valence-corrected chi connectivity index (χ4v) is 2.05. The second-order valence-electron chi connectivity index (χ2n) is 5.43. The molecule has 4 nitrogen and oxygen atoms in total. The first-order valence-electron chi connectivity index (χ1n) is 6.59. The molecule has 0 atom stereocenters. The standard InChI is InChI=1S/C13H25NO3/c1-11(2)9-17-8-5-12(15)14-10-13(16)6-3-4-7-13/h11,16H,3-10H2,1-2H3,(H,14,15). The van der Waals surface area contributed by atoms with Crippen LogP contribution in [0.3, 0.4) is 0 Å². The molecule has 0 bridgehead atoms. The van der Waals surface area contributed by atoms with Crippen LogP contribution in [-0.2, 0) is 9.53 Å². The van der Waals surface area contributed by atoms with Gasteiger partial charge in [0.05, 0.1) is 12.2 Å². The number of rotatable bonds is 7. The van der Waals surface area contributed by atoms with E-state index in [1.165, 1.54) is 0 Å². The SMILES string of the molecule is CC(C)COCCC(=O)NCC1(O)CCCC1. The van der Waals surface area contributed by atoms with Crippen LogP contribution >= 0.6 is 0 Å². The molecule has 1 saturated carbocycles. The van der Waals surface area contributed by atoms with Crippen LogP contribution in [0.25, 0.3) is 0 Å². The molecular weight excluding hydrogens is 218 g/mol. The van der Waals surface area contributed by atoms with Gasteiger partial charge in [-0.3, -0.25) is 4.79 Å². The molecule has 0 spiro atoms. The molecule has 0 aliphatic heterocycles. The first-order chi connectivity index (χ1) is 8.02. The highest BCUT2D eigenvalue weighted by atomic mass is 16.5. The first-order valence-corrected chi connectivity index (χ1v) is 6.59. The molecule has 0 aromatic heterocycles. The number of amides is 1. The Kier molecular flexibility index (Phi) is 5.92. The monoisotopic (exact) mass is 243 g/mol. The van der Waals surface area contributed by atoms with Crippen LogP contribution < -0.4 is 5.32 Å². The third kappa shape index (κ3) is 6.03. The molecule has 1 aliphatic rings. The maximum absolute atomic E-state index is 11.5. The average molecular weight is 243 g/mol. The van der Waals surface area contributed by atoms with Crippen molar-refractivity contribution in [3.63, 3.8) is 0 Å². The van der Waals surface area contributed by atoms with E-state index < -0.39 is 5.60 Å². The summed E-state index contributed by atoms with van der Waals surface area (Å²) in [6.07, 6.45) is 4.10. The molecule has 1 rings (SSSR count). The van der Waals surface area contributed by atoms with Crippen molar-refractivity contribution in [1.29, 1.82) is 0 Å². The van der Waals surface area contributed by atoms with Gasteiger partial charge in [0.1, 0.15) is 0 Å². The Morgan fingerprint density at radius 2 is 2.06 bits per heavy atom. The van der Waals surface area contributed by atoms with Crippen molar-refractivity contribution < 1.29 is 14.6 Å². The zero-order valence-electron chi connectivity index (χ0n) is 11.0. The summed E-state index contributed by atoms with van der Waals surface area (Å²) in [7, 11) is 0. The van der Waals surface area contributed by atoms with Gasteiger partial charge in [-0.15, -0.1) is 0 Å². The zero-order valence-corrected chi connectivity index (χ0v) is 11.0. The Balaban J connectivity index is 2.05. The molecule has 2 N–H and O–H groups in total. The van der Waals surface area contributed by atoms with Crippen LogP contribution in [0, 0.1) is 5.92 Å². The smallest absolute Gasteiger partial charge is 0.222 e. The maximum Gasteiger partial charge on any atom is 0.222 e. The van der Waals surface area contributed by atoms with E-state index >= 15 is 0 Å². The van der Waals surface area contributed by atoms with E-state index in [1.807, 2.05) is 0 Å². The predicted octanol–water partition coefficient (Wildman–Crippen LogP) is 1.47. The molecule has 0 aromatic rings. The molecular formula is C13H25NO3. The van der Waals surface area contributed by atoms with Crippen LogP contribution in [0.15, 0.2) is 0 Å². The lowest BCUT2D eigenvalue weighted by atomic mass is 10.0. The Bertz CT molecular complexity index is 235. The summed E-state index contributed by atoms with van der Waals surface area (Å²) in [4.78, 5) is 11.5. The van der Waals surface area contributed by atoms with Gasteiger partial charge < -0.3 is 15.2 Å². The Labute approximate surface area is 104 Å². The number of carbonyl (C=O) groups excluding carboxylic acids is 1. The van der Waals surface area contributed by atoms with E-state index in [9.17, 15) is 9.90 Å². The molecule has 0 radical (unpaired) electrons. The van der Waals surface area contributed by atoms with Crippen molar-refractivity contribution in [2.75, 3.05) is 19.8 Å². The molecule has 1 aliphatic carbocycles. The highest BCUT2D eigenvalue weighted by Crippen LogP contribution is 2.28. The molecule has 1 fully saturated rings. The number of nitrogens with one attached hydrogen (secondary N) is 1. The van der Waals surface area contributed by atoms with Gasteiger partial charge >= 0.3 is 0 Å². The van der Waals surface area contributed by atoms with Crippen LogP contribution in [-0.4, -0.2) is 36.4 Å². The van der Waals surface area contributed by atoms with Crippen molar-refractivity contribution in [3.05, 3.63) is 0 Å². The second-order valence-corrected chi connectivity index (χ2v) is 5.43. The quantitative estimate of drug-likeness (QED) is 0.666. The normalized spacial score (nSPS) is 18.6. The lowest BCUT2D eigenvalue weighted by Crippen LogP contribution is -2.41. The maximum atomic E-state index is 11.5. The number of hydrogen-bond acceptors (Lipinski definition) is 3. The van der Waals surface area contributed by atoms with E-state index in [-0.39, 0.29) is 5.91 Å². The zero-order chi connectivity index (χ0) is 12.7. The Hall–Kier alpha value is -0.610. The lowest BCUT2D eigenvalue weighted by molar-refractivity contribution is -0.123. The fraction of sp³-hybridized carbons (Fsp3) is 0.923.